The summed E-state index contributed by atoms with van der Waals surface area (Å²) in [5, 5.41) is 17.9. The molecule has 4 nitrogen and oxygen atoms in total. The number of benzene rings is 1. The van der Waals surface area contributed by atoms with Gasteiger partial charge in [0.1, 0.15) is 5.75 Å². The molecule has 0 bridgehead atoms. The van der Waals surface area contributed by atoms with E-state index in [9.17, 15) is 9.90 Å². The molecule has 2 rings (SSSR count). The SMILES string of the molecule is CC1/C=C/CCOC(=O)c2ccc(O)c(Cl)c2CC(=N)/C=C/C1. The fraction of sp³-hybridized carbons (Fsp3) is 0.333. The zero-order chi connectivity index (χ0) is 16.8. The Kier molecular flexibility index (Phi) is 5.99. The average molecular weight is 334 g/mol. The number of esters is 1. The second-order valence-corrected chi connectivity index (χ2v) is 5.97. The van der Waals surface area contributed by atoms with E-state index in [1.54, 1.807) is 6.08 Å². The quantitative estimate of drug-likeness (QED) is 0.549. The van der Waals surface area contributed by atoms with Gasteiger partial charge in [-0.3, -0.25) is 0 Å². The number of hydrogen-bond donors (Lipinski definition) is 2. The van der Waals surface area contributed by atoms with E-state index in [4.69, 9.17) is 21.7 Å². The molecule has 0 amide bonds. The fourth-order valence-corrected chi connectivity index (χ4v) is 2.58. The number of nitrogens with one attached hydrogen (secondary N) is 1. The van der Waals surface area contributed by atoms with Gasteiger partial charge in [0, 0.05) is 12.1 Å². The van der Waals surface area contributed by atoms with E-state index in [1.807, 2.05) is 12.2 Å². The van der Waals surface area contributed by atoms with Crippen LogP contribution in [0.25, 0.3) is 0 Å². The van der Waals surface area contributed by atoms with Gasteiger partial charge in [-0.2, -0.15) is 0 Å². The molecule has 1 atom stereocenters. The lowest BCUT2D eigenvalue weighted by atomic mass is 10.00. The predicted octanol–water partition coefficient (Wildman–Crippen LogP) is 4.31. The van der Waals surface area contributed by atoms with Gasteiger partial charge >= 0.3 is 5.97 Å². The number of fused-ring (bicyclic) bond motifs is 1. The van der Waals surface area contributed by atoms with Gasteiger partial charge in [-0.1, -0.05) is 36.8 Å². The molecule has 2 N–H and O–H groups in total. The molecule has 23 heavy (non-hydrogen) atoms. The Balaban J connectivity index is 2.36. The summed E-state index contributed by atoms with van der Waals surface area (Å²) in [4.78, 5) is 12.2. The van der Waals surface area contributed by atoms with Crippen molar-refractivity contribution in [3.8, 4) is 5.75 Å². The lowest BCUT2D eigenvalue weighted by molar-refractivity contribution is 0.0510. The molecule has 122 valence electrons. The first-order valence-electron chi connectivity index (χ1n) is 7.57. The van der Waals surface area contributed by atoms with Gasteiger partial charge in [0.15, 0.2) is 0 Å². The van der Waals surface area contributed by atoms with Crippen molar-refractivity contribution in [3.63, 3.8) is 0 Å². The Morgan fingerprint density at radius 3 is 2.91 bits per heavy atom. The molecule has 0 saturated heterocycles. The van der Waals surface area contributed by atoms with Crippen LogP contribution in [0.2, 0.25) is 5.02 Å². The first kappa shape index (κ1) is 17.3. The van der Waals surface area contributed by atoms with Crippen LogP contribution in [-0.4, -0.2) is 23.4 Å². The molecule has 0 saturated carbocycles. The predicted molar refractivity (Wildman–Crippen MR) is 91.5 cm³/mol. The van der Waals surface area contributed by atoms with Gasteiger partial charge in [0.2, 0.25) is 0 Å². The molecule has 0 aliphatic carbocycles. The molecule has 1 aromatic rings. The lowest BCUT2D eigenvalue weighted by Gasteiger charge is -2.12. The molecule has 1 aromatic carbocycles. The maximum Gasteiger partial charge on any atom is 0.338 e. The summed E-state index contributed by atoms with van der Waals surface area (Å²) in [6.07, 6.45) is 9.38. The van der Waals surface area contributed by atoms with Gasteiger partial charge in [-0.25, -0.2) is 4.79 Å². The number of phenolic OH excluding ortho intramolecular Hbond substituents is 1. The minimum atomic E-state index is -0.489. The van der Waals surface area contributed by atoms with Crippen LogP contribution in [0, 0.1) is 11.3 Å². The summed E-state index contributed by atoms with van der Waals surface area (Å²) in [7, 11) is 0. The number of allylic oxidation sites excluding steroid dienone is 3. The van der Waals surface area contributed by atoms with Crippen LogP contribution in [0.5, 0.6) is 5.75 Å². The number of aromatic hydroxyl groups is 1. The molecule has 0 fully saturated rings. The molecule has 0 radical (unpaired) electrons. The fourth-order valence-electron chi connectivity index (χ4n) is 2.35. The number of cyclic esters (lactones) is 1. The zero-order valence-electron chi connectivity index (χ0n) is 13.0. The van der Waals surface area contributed by atoms with E-state index < -0.39 is 5.97 Å². The van der Waals surface area contributed by atoms with E-state index in [-0.39, 0.29) is 23.8 Å². The van der Waals surface area contributed by atoms with Crippen LogP contribution >= 0.6 is 11.6 Å². The Labute approximate surface area is 140 Å². The van der Waals surface area contributed by atoms with E-state index in [0.29, 0.717) is 29.2 Å². The Morgan fingerprint density at radius 1 is 1.35 bits per heavy atom. The average Bonchev–Trinajstić information content (AvgIpc) is 2.50. The third-order valence-electron chi connectivity index (χ3n) is 3.62. The van der Waals surface area contributed by atoms with Gasteiger partial charge in [0.05, 0.1) is 17.2 Å². The second-order valence-electron chi connectivity index (χ2n) is 5.59. The van der Waals surface area contributed by atoms with Crippen molar-refractivity contribution in [3.05, 3.63) is 52.6 Å². The third-order valence-corrected chi connectivity index (χ3v) is 4.04. The third kappa shape index (κ3) is 4.70. The van der Waals surface area contributed by atoms with Crippen molar-refractivity contribution in [2.75, 3.05) is 6.61 Å². The van der Waals surface area contributed by atoms with Crippen molar-refractivity contribution >= 4 is 23.3 Å². The highest BCUT2D eigenvalue weighted by atomic mass is 35.5. The molecular weight excluding hydrogens is 314 g/mol. The number of carbonyl (C=O) groups is 1. The number of rotatable bonds is 0. The topological polar surface area (TPSA) is 70.4 Å². The molecular formula is C18H20ClNO3. The number of carbonyl (C=O) groups excluding carboxylic acids is 1. The van der Waals surface area contributed by atoms with Crippen molar-refractivity contribution in [1.82, 2.24) is 0 Å². The monoisotopic (exact) mass is 333 g/mol. The van der Waals surface area contributed by atoms with Gasteiger partial charge in [0.25, 0.3) is 0 Å². The molecule has 1 aliphatic heterocycles. The lowest BCUT2D eigenvalue weighted by Crippen LogP contribution is -2.12. The standard InChI is InChI=1S/C18H20ClNO3/c1-12-5-2-3-10-23-18(22)14-8-9-16(21)17(19)15(14)11-13(20)7-4-6-12/h2,4-5,7-9,12,20-21H,3,6,10-11H2,1H3/b5-2+,7-4+,20-13?. The Hall–Kier alpha value is -2.07. The number of ether oxygens (including phenoxy) is 1. The van der Waals surface area contributed by atoms with Crippen LogP contribution in [0.4, 0.5) is 0 Å². The highest BCUT2D eigenvalue weighted by molar-refractivity contribution is 6.33. The molecule has 1 unspecified atom stereocenters. The van der Waals surface area contributed by atoms with Crippen molar-refractivity contribution < 1.29 is 14.6 Å². The van der Waals surface area contributed by atoms with Gasteiger partial charge in [-0.15, -0.1) is 0 Å². The van der Waals surface area contributed by atoms with Crippen molar-refractivity contribution in [2.24, 2.45) is 5.92 Å². The highest BCUT2D eigenvalue weighted by Crippen LogP contribution is 2.31. The van der Waals surface area contributed by atoms with Gasteiger partial charge < -0.3 is 15.3 Å². The minimum absolute atomic E-state index is 0.0953. The summed E-state index contributed by atoms with van der Waals surface area (Å²) in [5.41, 5.74) is 1.03. The molecule has 1 heterocycles. The summed E-state index contributed by atoms with van der Waals surface area (Å²) in [5.74, 6) is -0.234. The first-order chi connectivity index (χ1) is 11.0. The number of halogens is 1. The van der Waals surface area contributed by atoms with E-state index in [2.05, 4.69) is 13.0 Å². The zero-order valence-corrected chi connectivity index (χ0v) is 13.8. The molecule has 1 aliphatic rings. The van der Waals surface area contributed by atoms with E-state index in [0.717, 1.165) is 6.42 Å². The summed E-state index contributed by atoms with van der Waals surface area (Å²) in [6, 6.07) is 2.85. The van der Waals surface area contributed by atoms with E-state index in [1.165, 1.54) is 12.1 Å². The summed E-state index contributed by atoms with van der Waals surface area (Å²) < 4.78 is 5.26. The first-order valence-corrected chi connectivity index (χ1v) is 7.95. The van der Waals surface area contributed by atoms with Crippen LogP contribution in [-0.2, 0) is 11.2 Å². The van der Waals surface area contributed by atoms with Gasteiger partial charge in [-0.05, 0) is 42.5 Å². The Bertz CT molecular complexity index is 664. The molecule has 5 heteroatoms. The maximum atomic E-state index is 12.2. The number of hydrogen-bond acceptors (Lipinski definition) is 4. The highest BCUT2D eigenvalue weighted by Gasteiger charge is 2.19. The summed E-state index contributed by atoms with van der Waals surface area (Å²) >= 11 is 6.13. The molecule has 0 spiro atoms. The van der Waals surface area contributed by atoms with Crippen molar-refractivity contribution in [1.29, 1.82) is 5.41 Å². The number of phenols is 1. The van der Waals surface area contributed by atoms with Crippen LogP contribution < -0.4 is 0 Å². The second kappa shape index (κ2) is 7.97. The van der Waals surface area contributed by atoms with Crippen LogP contribution in [0.15, 0.2) is 36.4 Å². The summed E-state index contributed by atoms with van der Waals surface area (Å²) in [6.45, 7) is 2.37. The smallest absolute Gasteiger partial charge is 0.338 e. The maximum absolute atomic E-state index is 12.2. The van der Waals surface area contributed by atoms with Crippen LogP contribution in [0.3, 0.4) is 0 Å². The normalized spacial score (nSPS) is 22.6. The van der Waals surface area contributed by atoms with Crippen LogP contribution in [0.1, 0.15) is 35.7 Å². The minimum Gasteiger partial charge on any atom is -0.506 e. The molecule has 0 aromatic heterocycles. The largest absolute Gasteiger partial charge is 0.506 e. The Morgan fingerprint density at radius 2 is 2.13 bits per heavy atom. The van der Waals surface area contributed by atoms with Crippen molar-refractivity contribution in [2.45, 2.75) is 26.2 Å². The van der Waals surface area contributed by atoms with E-state index >= 15 is 0 Å².